The molecule has 20 heavy (non-hydrogen) atoms. The molecule has 2 amide bonds. The highest BCUT2D eigenvalue weighted by atomic mass is 35.5. The number of nitrogens with one attached hydrogen (secondary N) is 3. The highest BCUT2D eigenvalue weighted by Gasteiger charge is 2.27. The number of rotatable bonds is 2. The van der Waals surface area contributed by atoms with Crippen LogP contribution in [0.4, 0.5) is 4.79 Å². The number of carbonyl (C=O) groups excluding carboxylic acids is 1. The Bertz CT molecular complexity index is 485. The summed E-state index contributed by atoms with van der Waals surface area (Å²) < 4.78 is 5.84. The van der Waals surface area contributed by atoms with Gasteiger partial charge >= 0.3 is 6.03 Å². The van der Waals surface area contributed by atoms with Crippen LogP contribution in [0.1, 0.15) is 11.7 Å². The van der Waals surface area contributed by atoms with E-state index in [1.54, 1.807) is 19.2 Å². The molecule has 2 unspecified atom stereocenters. The maximum absolute atomic E-state index is 11.5. The first-order valence-corrected chi connectivity index (χ1v) is 7.13. The molecule has 0 radical (unpaired) electrons. The fraction of sp³-hybridized carbons (Fsp3) is 0.462. The Kier molecular flexibility index (Phi) is 5.48. The lowest BCUT2D eigenvalue weighted by molar-refractivity contribution is 0.0464. The van der Waals surface area contributed by atoms with Crippen LogP contribution in [-0.4, -0.2) is 38.8 Å². The quantitative estimate of drug-likeness (QED) is 0.781. The molecule has 1 aliphatic rings. The third kappa shape index (κ3) is 3.76. The summed E-state index contributed by atoms with van der Waals surface area (Å²) in [6, 6.07) is 4.95. The molecule has 1 fully saturated rings. The molecule has 0 spiro atoms. The summed E-state index contributed by atoms with van der Waals surface area (Å²) in [6.07, 6.45) is -0.267. The van der Waals surface area contributed by atoms with Gasteiger partial charge in [0.05, 0.1) is 22.7 Å². The zero-order valence-electron chi connectivity index (χ0n) is 11.1. The maximum Gasteiger partial charge on any atom is 0.314 e. The van der Waals surface area contributed by atoms with Gasteiger partial charge in [0.1, 0.15) is 6.10 Å². The number of hydrogen-bond donors (Lipinski definition) is 3. The summed E-state index contributed by atoms with van der Waals surface area (Å²) in [5, 5.41) is 9.62. The fourth-order valence-electron chi connectivity index (χ4n) is 2.12. The van der Waals surface area contributed by atoms with Crippen molar-refractivity contribution in [3.8, 4) is 0 Å². The van der Waals surface area contributed by atoms with Gasteiger partial charge in [-0.25, -0.2) is 4.79 Å². The first kappa shape index (κ1) is 15.4. The number of benzene rings is 1. The average Bonchev–Trinajstić information content (AvgIpc) is 2.67. The predicted molar refractivity (Wildman–Crippen MR) is 79.4 cm³/mol. The van der Waals surface area contributed by atoms with Crippen molar-refractivity contribution in [3.63, 3.8) is 0 Å². The molecule has 1 aromatic rings. The molecule has 0 bridgehead atoms. The topological polar surface area (TPSA) is 62.4 Å². The molecule has 7 heteroatoms. The lowest BCUT2D eigenvalue weighted by Gasteiger charge is -2.26. The summed E-state index contributed by atoms with van der Waals surface area (Å²) >= 11 is 12.0. The van der Waals surface area contributed by atoms with E-state index < -0.39 is 0 Å². The van der Waals surface area contributed by atoms with Gasteiger partial charge in [-0.1, -0.05) is 29.3 Å². The van der Waals surface area contributed by atoms with E-state index in [4.69, 9.17) is 27.9 Å². The van der Waals surface area contributed by atoms with Crippen molar-refractivity contribution in [3.05, 3.63) is 33.8 Å². The van der Waals surface area contributed by atoms with Crippen LogP contribution in [0.2, 0.25) is 10.0 Å². The third-order valence-electron chi connectivity index (χ3n) is 3.12. The predicted octanol–water partition coefficient (Wildman–Crippen LogP) is 1.95. The summed E-state index contributed by atoms with van der Waals surface area (Å²) in [7, 11) is 1.58. The third-order valence-corrected chi connectivity index (χ3v) is 3.86. The minimum absolute atomic E-state index is 0.185. The van der Waals surface area contributed by atoms with Crippen LogP contribution in [-0.2, 0) is 4.74 Å². The van der Waals surface area contributed by atoms with Gasteiger partial charge < -0.3 is 20.7 Å². The SMILES string of the molecule is CNC(=O)NC1CNCCOC1c1ccc(Cl)c(Cl)c1. The number of hydrogen-bond acceptors (Lipinski definition) is 3. The van der Waals surface area contributed by atoms with E-state index in [2.05, 4.69) is 16.0 Å². The van der Waals surface area contributed by atoms with Gasteiger partial charge in [0, 0.05) is 20.1 Å². The Morgan fingerprint density at radius 3 is 2.90 bits per heavy atom. The van der Waals surface area contributed by atoms with E-state index in [9.17, 15) is 4.79 Å². The minimum Gasteiger partial charge on any atom is -0.370 e. The highest BCUT2D eigenvalue weighted by Crippen LogP contribution is 2.29. The van der Waals surface area contributed by atoms with E-state index in [0.717, 1.165) is 12.1 Å². The van der Waals surface area contributed by atoms with Crippen LogP contribution in [0.25, 0.3) is 0 Å². The van der Waals surface area contributed by atoms with Crippen molar-refractivity contribution >= 4 is 29.2 Å². The summed E-state index contributed by atoms with van der Waals surface area (Å²) in [5.74, 6) is 0. The molecule has 3 N–H and O–H groups in total. The molecule has 1 aliphatic heterocycles. The molecule has 2 atom stereocenters. The van der Waals surface area contributed by atoms with Gasteiger partial charge in [0.15, 0.2) is 0 Å². The first-order valence-electron chi connectivity index (χ1n) is 6.37. The van der Waals surface area contributed by atoms with Crippen LogP contribution in [0.3, 0.4) is 0 Å². The van der Waals surface area contributed by atoms with Gasteiger partial charge in [-0.3, -0.25) is 0 Å². The molecule has 1 saturated heterocycles. The van der Waals surface area contributed by atoms with Crippen molar-refractivity contribution in [1.82, 2.24) is 16.0 Å². The zero-order valence-corrected chi connectivity index (χ0v) is 12.6. The second-order valence-electron chi connectivity index (χ2n) is 4.50. The molecule has 5 nitrogen and oxygen atoms in total. The molecule has 110 valence electrons. The van der Waals surface area contributed by atoms with Crippen molar-refractivity contribution in [2.24, 2.45) is 0 Å². The number of amides is 2. The van der Waals surface area contributed by atoms with Gasteiger partial charge in [-0.15, -0.1) is 0 Å². The van der Waals surface area contributed by atoms with Crippen LogP contribution in [0.5, 0.6) is 0 Å². The standard InChI is InChI=1S/C13H17Cl2N3O2/c1-16-13(19)18-11-7-17-4-5-20-12(11)8-2-3-9(14)10(15)6-8/h2-3,6,11-12,17H,4-5,7H2,1H3,(H2,16,18,19). The Labute approximate surface area is 128 Å². The van der Waals surface area contributed by atoms with Crippen LogP contribution < -0.4 is 16.0 Å². The van der Waals surface area contributed by atoms with Gasteiger partial charge in [-0.2, -0.15) is 0 Å². The normalized spacial score (nSPS) is 22.9. The minimum atomic E-state index is -0.267. The Morgan fingerprint density at radius 1 is 1.40 bits per heavy atom. The number of urea groups is 1. The summed E-state index contributed by atoms with van der Waals surface area (Å²) in [5.41, 5.74) is 0.893. The molecule has 0 saturated carbocycles. The molecule has 1 aromatic carbocycles. The summed E-state index contributed by atoms with van der Waals surface area (Å²) in [4.78, 5) is 11.5. The largest absolute Gasteiger partial charge is 0.370 e. The van der Waals surface area contributed by atoms with Crippen LogP contribution in [0.15, 0.2) is 18.2 Å². The second-order valence-corrected chi connectivity index (χ2v) is 5.31. The molecule has 1 heterocycles. The number of carbonyl (C=O) groups is 1. The molecule has 0 aliphatic carbocycles. The van der Waals surface area contributed by atoms with Gasteiger partial charge in [0.2, 0.25) is 0 Å². The molecule has 0 aromatic heterocycles. The van der Waals surface area contributed by atoms with E-state index in [-0.39, 0.29) is 18.2 Å². The van der Waals surface area contributed by atoms with E-state index in [1.807, 2.05) is 6.07 Å². The summed E-state index contributed by atoms with van der Waals surface area (Å²) in [6.45, 7) is 1.93. The lowest BCUT2D eigenvalue weighted by Crippen LogP contribution is -2.47. The van der Waals surface area contributed by atoms with Crippen molar-refractivity contribution in [2.75, 3.05) is 26.7 Å². The van der Waals surface area contributed by atoms with E-state index >= 15 is 0 Å². The molecular formula is C13H17Cl2N3O2. The molecular weight excluding hydrogens is 301 g/mol. The Morgan fingerprint density at radius 2 is 2.20 bits per heavy atom. The van der Waals surface area contributed by atoms with Crippen molar-refractivity contribution < 1.29 is 9.53 Å². The van der Waals surface area contributed by atoms with Gasteiger partial charge in [0.25, 0.3) is 0 Å². The second kappa shape index (κ2) is 7.13. The fourth-order valence-corrected chi connectivity index (χ4v) is 2.43. The Balaban J connectivity index is 2.22. The average molecular weight is 318 g/mol. The zero-order chi connectivity index (χ0) is 14.5. The monoisotopic (exact) mass is 317 g/mol. The van der Waals surface area contributed by atoms with Gasteiger partial charge in [-0.05, 0) is 17.7 Å². The molecule has 2 rings (SSSR count). The number of halogens is 2. The lowest BCUT2D eigenvalue weighted by atomic mass is 10.0. The van der Waals surface area contributed by atoms with Crippen molar-refractivity contribution in [1.29, 1.82) is 0 Å². The van der Waals surface area contributed by atoms with Crippen LogP contribution >= 0.6 is 23.2 Å². The number of ether oxygens (including phenoxy) is 1. The van der Waals surface area contributed by atoms with Crippen molar-refractivity contribution in [2.45, 2.75) is 12.1 Å². The Hall–Kier alpha value is -1.01. The van der Waals surface area contributed by atoms with E-state index in [0.29, 0.717) is 23.2 Å². The van der Waals surface area contributed by atoms with Crippen LogP contribution in [0, 0.1) is 0 Å². The van der Waals surface area contributed by atoms with E-state index in [1.165, 1.54) is 0 Å². The highest BCUT2D eigenvalue weighted by molar-refractivity contribution is 6.42. The first-order chi connectivity index (χ1) is 9.61. The smallest absolute Gasteiger partial charge is 0.314 e. The maximum atomic E-state index is 11.5.